The molecular formula is C10H15N3O. The predicted octanol–water partition coefficient (Wildman–Crippen LogP) is 0.889. The van der Waals surface area contributed by atoms with Crippen LogP contribution in [0.4, 0.5) is 11.5 Å². The molecule has 2 N–H and O–H groups in total. The zero-order valence-electron chi connectivity index (χ0n) is 8.31. The molecule has 1 saturated heterocycles. The highest BCUT2D eigenvalue weighted by Crippen LogP contribution is 2.21. The molecule has 0 saturated carbocycles. The minimum absolute atomic E-state index is 0.255. The second kappa shape index (κ2) is 3.84. The van der Waals surface area contributed by atoms with Gasteiger partial charge in [0.05, 0.1) is 18.4 Å². The molecule has 1 aromatic heterocycles. The maximum atomic E-state index is 5.85. The number of aromatic nitrogens is 1. The highest BCUT2D eigenvalue weighted by Gasteiger charge is 2.19. The fourth-order valence-electron chi connectivity index (χ4n) is 1.68. The maximum absolute atomic E-state index is 5.85. The van der Waals surface area contributed by atoms with Gasteiger partial charge in [0.25, 0.3) is 0 Å². The summed E-state index contributed by atoms with van der Waals surface area (Å²) in [4.78, 5) is 6.45. The molecule has 1 aliphatic rings. The van der Waals surface area contributed by atoms with Crippen LogP contribution >= 0.6 is 0 Å². The molecule has 4 nitrogen and oxygen atoms in total. The van der Waals surface area contributed by atoms with Crippen LogP contribution in [-0.2, 0) is 4.74 Å². The van der Waals surface area contributed by atoms with Crippen LogP contribution in [0.25, 0.3) is 0 Å². The summed E-state index contributed by atoms with van der Waals surface area (Å²) < 4.78 is 5.46. The van der Waals surface area contributed by atoms with Crippen molar-refractivity contribution in [1.82, 2.24) is 4.98 Å². The Morgan fingerprint density at radius 3 is 3.21 bits per heavy atom. The summed E-state index contributed by atoms with van der Waals surface area (Å²) in [6.45, 7) is 4.54. The van der Waals surface area contributed by atoms with Crippen molar-refractivity contribution in [2.24, 2.45) is 0 Å². The Morgan fingerprint density at radius 1 is 1.64 bits per heavy atom. The van der Waals surface area contributed by atoms with E-state index in [4.69, 9.17) is 10.5 Å². The van der Waals surface area contributed by atoms with Gasteiger partial charge in [-0.2, -0.15) is 0 Å². The van der Waals surface area contributed by atoms with Crippen molar-refractivity contribution in [2.45, 2.75) is 13.0 Å². The minimum Gasteiger partial charge on any atom is -0.396 e. The van der Waals surface area contributed by atoms with E-state index in [-0.39, 0.29) is 6.10 Å². The number of pyridine rings is 1. The van der Waals surface area contributed by atoms with E-state index in [2.05, 4.69) is 16.8 Å². The van der Waals surface area contributed by atoms with Gasteiger partial charge in [0, 0.05) is 19.3 Å². The summed E-state index contributed by atoms with van der Waals surface area (Å²) >= 11 is 0. The van der Waals surface area contributed by atoms with Crippen LogP contribution in [0.3, 0.4) is 0 Å². The molecule has 2 heterocycles. The first-order chi connectivity index (χ1) is 6.77. The van der Waals surface area contributed by atoms with E-state index in [1.165, 1.54) is 0 Å². The van der Waals surface area contributed by atoms with Gasteiger partial charge in [0.1, 0.15) is 0 Å². The molecule has 4 heteroatoms. The second-order valence-corrected chi connectivity index (χ2v) is 3.54. The Balaban J connectivity index is 2.18. The van der Waals surface area contributed by atoms with Crippen molar-refractivity contribution in [3.8, 4) is 0 Å². The highest BCUT2D eigenvalue weighted by molar-refractivity contribution is 5.62. The van der Waals surface area contributed by atoms with Crippen LogP contribution in [0.5, 0.6) is 0 Å². The summed E-state index contributed by atoms with van der Waals surface area (Å²) in [6, 6.07) is 3.73. The van der Waals surface area contributed by atoms with Gasteiger partial charge in [0.15, 0.2) is 5.82 Å². The van der Waals surface area contributed by atoms with Crippen molar-refractivity contribution in [3.05, 3.63) is 18.3 Å². The topological polar surface area (TPSA) is 51.4 Å². The second-order valence-electron chi connectivity index (χ2n) is 3.54. The number of hydrogen-bond acceptors (Lipinski definition) is 4. The number of anilines is 2. The monoisotopic (exact) mass is 193 g/mol. The quantitative estimate of drug-likeness (QED) is 0.719. The van der Waals surface area contributed by atoms with Crippen molar-refractivity contribution in [1.29, 1.82) is 0 Å². The Bertz CT molecular complexity index is 316. The average molecular weight is 193 g/mol. The molecule has 76 valence electrons. The van der Waals surface area contributed by atoms with E-state index in [0.29, 0.717) is 0 Å². The zero-order valence-corrected chi connectivity index (χ0v) is 8.31. The van der Waals surface area contributed by atoms with Crippen LogP contribution in [0, 0.1) is 0 Å². The Hall–Kier alpha value is -1.29. The maximum Gasteiger partial charge on any atom is 0.151 e. The lowest BCUT2D eigenvalue weighted by molar-refractivity contribution is 0.0530. The number of ether oxygens (including phenoxy) is 1. The van der Waals surface area contributed by atoms with E-state index in [1.54, 1.807) is 6.20 Å². The summed E-state index contributed by atoms with van der Waals surface area (Å²) in [6.07, 6.45) is 2.02. The summed E-state index contributed by atoms with van der Waals surface area (Å²) in [5, 5.41) is 0. The highest BCUT2D eigenvalue weighted by atomic mass is 16.5. The summed E-state index contributed by atoms with van der Waals surface area (Å²) in [7, 11) is 0. The molecule has 1 aliphatic heterocycles. The molecule has 1 unspecified atom stereocenters. The minimum atomic E-state index is 0.255. The lowest BCUT2D eigenvalue weighted by atomic mass is 10.3. The fraction of sp³-hybridized carbons (Fsp3) is 0.500. The van der Waals surface area contributed by atoms with Gasteiger partial charge in [0.2, 0.25) is 0 Å². The predicted molar refractivity (Wildman–Crippen MR) is 56.3 cm³/mol. The third kappa shape index (κ3) is 1.80. The van der Waals surface area contributed by atoms with Crippen LogP contribution in [0.2, 0.25) is 0 Å². The third-order valence-corrected chi connectivity index (χ3v) is 2.36. The normalized spacial score (nSPS) is 22.4. The Morgan fingerprint density at radius 2 is 2.50 bits per heavy atom. The largest absolute Gasteiger partial charge is 0.396 e. The van der Waals surface area contributed by atoms with Gasteiger partial charge in [-0.25, -0.2) is 4.98 Å². The van der Waals surface area contributed by atoms with E-state index in [0.717, 1.165) is 31.2 Å². The molecular weight excluding hydrogens is 178 g/mol. The molecule has 1 atom stereocenters. The number of nitrogens with two attached hydrogens (primary N) is 1. The number of rotatable bonds is 1. The van der Waals surface area contributed by atoms with Crippen molar-refractivity contribution in [2.75, 3.05) is 30.3 Å². The van der Waals surface area contributed by atoms with Crippen LogP contribution in [0.15, 0.2) is 18.3 Å². The Kier molecular flexibility index (Phi) is 2.54. The first-order valence-electron chi connectivity index (χ1n) is 4.84. The van der Waals surface area contributed by atoms with Gasteiger partial charge in [-0.05, 0) is 19.1 Å². The molecule has 0 spiro atoms. The third-order valence-electron chi connectivity index (χ3n) is 2.36. The average Bonchev–Trinajstić information content (AvgIpc) is 2.18. The summed E-state index contributed by atoms with van der Waals surface area (Å²) in [5.74, 6) is 0.877. The van der Waals surface area contributed by atoms with Crippen LogP contribution < -0.4 is 10.6 Å². The van der Waals surface area contributed by atoms with Gasteiger partial charge in [-0.3, -0.25) is 0 Å². The molecule has 14 heavy (non-hydrogen) atoms. The molecule has 0 aliphatic carbocycles. The van der Waals surface area contributed by atoms with Crippen molar-refractivity contribution >= 4 is 11.5 Å². The molecule has 0 aromatic carbocycles. The lowest BCUT2D eigenvalue weighted by Crippen LogP contribution is -2.41. The molecule has 0 bridgehead atoms. The standard InChI is InChI=1S/C10H15N3O/c1-8-7-13(5-6-14-8)10-9(11)3-2-4-12-10/h2-4,8H,5-7,11H2,1H3. The van der Waals surface area contributed by atoms with E-state index in [9.17, 15) is 0 Å². The van der Waals surface area contributed by atoms with Gasteiger partial charge in [-0.15, -0.1) is 0 Å². The van der Waals surface area contributed by atoms with Crippen molar-refractivity contribution < 1.29 is 4.74 Å². The molecule has 0 amide bonds. The van der Waals surface area contributed by atoms with Crippen LogP contribution in [-0.4, -0.2) is 30.8 Å². The van der Waals surface area contributed by atoms with E-state index < -0.39 is 0 Å². The first kappa shape index (κ1) is 9.27. The first-order valence-corrected chi connectivity index (χ1v) is 4.84. The lowest BCUT2D eigenvalue weighted by Gasteiger charge is -2.32. The van der Waals surface area contributed by atoms with Gasteiger partial charge < -0.3 is 15.4 Å². The zero-order chi connectivity index (χ0) is 9.97. The molecule has 1 aromatic rings. The summed E-state index contributed by atoms with van der Waals surface area (Å²) in [5.41, 5.74) is 6.59. The molecule has 1 fully saturated rings. The van der Waals surface area contributed by atoms with E-state index in [1.807, 2.05) is 12.1 Å². The van der Waals surface area contributed by atoms with Gasteiger partial charge in [-0.1, -0.05) is 0 Å². The SMILES string of the molecule is CC1CN(c2ncccc2N)CCO1. The molecule has 0 radical (unpaired) electrons. The van der Waals surface area contributed by atoms with E-state index >= 15 is 0 Å². The number of morpholine rings is 1. The Labute approximate surface area is 83.7 Å². The fourth-order valence-corrected chi connectivity index (χ4v) is 1.68. The number of hydrogen-bond donors (Lipinski definition) is 1. The van der Waals surface area contributed by atoms with Crippen molar-refractivity contribution in [3.63, 3.8) is 0 Å². The van der Waals surface area contributed by atoms with Crippen LogP contribution in [0.1, 0.15) is 6.92 Å². The number of nitrogen functional groups attached to an aromatic ring is 1. The molecule has 2 rings (SSSR count). The van der Waals surface area contributed by atoms with Gasteiger partial charge >= 0.3 is 0 Å². The number of nitrogens with zero attached hydrogens (tertiary/aromatic N) is 2. The smallest absolute Gasteiger partial charge is 0.151 e.